The van der Waals surface area contributed by atoms with Gasteiger partial charge in [-0.3, -0.25) is 4.99 Å². The van der Waals surface area contributed by atoms with Crippen molar-refractivity contribution in [3.8, 4) is 11.5 Å². The highest BCUT2D eigenvalue weighted by Gasteiger charge is 2.16. The fraction of sp³-hybridized carbons (Fsp3) is 0.136. The number of benzene rings is 3. The van der Waals surface area contributed by atoms with Crippen molar-refractivity contribution in [2.24, 2.45) is 4.99 Å². The van der Waals surface area contributed by atoms with E-state index in [2.05, 4.69) is 4.99 Å². The van der Waals surface area contributed by atoms with Gasteiger partial charge in [0, 0.05) is 34.3 Å². The third-order valence-corrected chi connectivity index (χ3v) is 4.78. The molecule has 3 nitrogen and oxygen atoms in total. The Morgan fingerprint density at radius 2 is 1.74 bits per heavy atom. The molecule has 27 heavy (non-hydrogen) atoms. The molecule has 3 rings (SSSR count). The number of aliphatic imine (C=N–C) groups is 1. The summed E-state index contributed by atoms with van der Waals surface area (Å²) < 4.78 is 14.1. The standard InChI is InChI=1S/C22H19ClFNO2/c1-14(15-6-3-2-4-7-15)25-13-16-10-11-21(26)18(22(16)27)12-17-19(23)8-5-9-20(17)24/h2-11,13-14,26-27H,12H2,1H3. The molecule has 0 aliphatic carbocycles. The van der Waals surface area contributed by atoms with Crippen LogP contribution >= 0.6 is 11.6 Å². The number of aromatic hydroxyl groups is 2. The van der Waals surface area contributed by atoms with E-state index in [9.17, 15) is 14.6 Å². The summed E-state index contributed by atoms with van der Waals surface area (Å²) in [7, 11) is 0. The number of nitrogens with zero attached hydrogens (tertiary/aromatic N) is 1. The molecule has 1 atom stereocenters. The first-order valence-electron chi connectivity index (χ1n) is 8.52. The Labute approximate surface area is 162 Å². The third kappa shape index (κ3) is 4.29. The Hall–Kier alpha value is -2.85. The van der Waals surface area contributed by atoms with Gasteiger partial charge in [-0.05, 0) is 36.8 Å². The maximum Gasteiger partial charge on any atom is 0.131 e. The highest BCUT2D eigenvalue weighted by molar-refractivity contribution is 6.31. The number of phenolic OH excluding ortho intramolecular Hbond substituents is 2. The first-order valence-corrected chi connectivity index (χ1v) is 8.90. The quantitative estimate of drug-likeness (QED) is 0.558. The van der Waals surface area contributed by atoms with Crippen molar-refractivity contribution in [2.45, 2.75) is 19.4 Å². The van der Waals surface area contributed by atoms with Crippen molar-refractivity contribution in [3.63, 3.8) is 0 Å². The number of rotatable bonds is 5. The summed E-state index contributed by atoms with van der Waals surface area (Å²) in [4.78, 5) is 4.47. The Kier molecular flexibility index (Phi) is 5.77. The molecule has 0 saturated heterocycles. The number of hydrogen-bond donors (Lipinski definition) is 2. The Balaban J connectivity index is 1.91. The van der Waals surface area contributed by atoms with Crippen LogP contribution in [0.1, 0.15) is 35.2 Å². The SMILES string of the molecule is CC(N=Cc1ccc(O)c(Cc2c(F)cccc2Cl)c1O)c1ccccc1. The van der Waals surface area contributed by atoms with E-state index in [0.29, 0.717) is 5.56 Å². The van der Waals surface area contributed by atoms with Gasteiger partial charge in [-0.2, -0.15) is 0 Å². The van der Waals surface area contributed by atoms with Crippen LogP contribution in [0.15, 0.2) is 65.7 Å². The normalized spacial score (nSPS) is 12.4. The number of halogens is 2. The maximum atomic E-state index is 14.1. The van der Waals surface area contributed by atoms with Crippen LogP contribution in [0.5, 0.6) is 11.5 Å². The van der Waals surface area contributed by atoms with Gasteiger partial charge in [-0.15, -0.1) is 0 Å². The monoisotopic (exact) mass is 383 g/mol. The van der Waals surface area contributed by atoms with E-state index in [1.807, 2.05) is 37.3 Å². The van der Waals surface area contributed by atoms with Crippen molar-refractivity contribution in [2.75, 3.05) is 0 Å². The maximum absolute atomic E-state index is 14.1. The predicted octanol–water partition coefficient (Wildman–Crippen LogP) is 5.66. The lowest BCUT2D eigenvalue weighted by atomic mass is 10.00. The molecular weight excluding hydrogens is 365 g/mol. The van der Waals surface area contributed by atoms with E-state index in [1.54, 1.807) is 18.3 Å². The molecule has 0 spiro atoms. The highest BCUT2D eigenvalue weighted by Crippen LogP contribution is 2.34. The molecule has 2 N–H and O–H groups in total. The van der Waals surface area contributed by atoms with Gasteiger partial charge in [0.1, 0.15) is 17.3 Å². The minimum Gasteiger partial charge on any atom is -0.508 e. The summed E-state index contributed by atoms with van der Waals surface area (Å²) in [6.45, 7) is 1.95. The average Bonchev–Trinajstić information content (AvgIpc) is 2.67. The molecule has 0 aliphatic heterocycles. The zero-order valence-electron chi connectivity index (χ0n) is 14.7. The van der Waals surface area contributed by atoms with Gasteiger partial charge in [0.2, 0.25) is 0 Å². The van der Waals surface area contributed by atoms with Crippen molar-refractivity contribution < 1.29 is 14.6 Å². The van der Waals surface area contributed by atoms with Crippen molar-refractivity contribution in [1.82, 2.24) is 0 Å². The summed E-state index contributed by atoms with van der Waals surface area (Å²) >= 11 is 6.06. The van der Waals surface area contributed by atoms with Crippen LogP contribution in [0.25, 0.3) is 0 Å². The summed E-state index contributed by atoms with van der Waals surface area (Å²) in [6, 6.07) is 17.1. The van der Waals surface area contributed by atoms with Crippen molar-refractivity contribution >= 4 is 17.8 Å². The van der Waals surface area contributed by atoms with Crippen LogP contribution in [-0.4, -0.2) is 16.4 Å². The lowest BCUT2D eigenvalue weighted by Crippen LogP contribution is -1.98. The zero-order valence-corrected chi connectivity index (χ0v) is 15.5. The van der Waals surface area contributed by atoms with Crippen molar-refractivity contribution in [3.05, 3.63) is 93.8 Å². The van der Waals surface area contributed by atoms with Crippen LogP contribution < -0.4 is 0 Å². The molecule has 1 unspecified atom stereocenters. The summed E-state index contributed by atoms with van der Waals surface area (Å²) in [5, 5.41) is 21.0. The van der Waals surface area contributed by atoms with E-state index in [-0.39, 0.29) is 40.1 Å². The van der Waals surface area contributed by atoms with Gasteiger partial charge in [0.15, 0.2) is 0 Å². The lowest BCUT2D eigenvalue weighted by Gasteiger charge is -2.12. The van der Waals surface area contributed by atoms with E-state index in [1.165, 1.54) is 18.2 Å². The minimum atomic E-state index is -0.488. The summed E-state index contributed by atoms with van der Waals surface area (Å²) in [6.07, 6.45) is 1.53. The third-order valence-electron chi connectivity index (χ3n) is 4.42. The van der Waals surface area contributed by atoms with Crippen LogP contribution in [-0.2, 0) is 6.42 Å². The van der Waals surface area contributed by atoms with Crippen molar-refractivity contribution in [1.29, 1.82) is 0 Å². The second-order valence-electron chi connectivity index (χ2n) is 6.24. The molecule has 138 valence electrons. The van der Waals surface area contributed by atoms with Gasteiger partial charge in [0.05, 0.1) is 6.04 Å². The molecule has 5 heteroatoms. The average molecular weight is 384 g/mol. The van der Waals surface area contributed by atoms with Crippen LogP contribution in [0, 0.1) is 5.82 Å². The molecular formula is C22H19ClFNO2. The Morgan fingerprint density at radius 3 is 2.44 bits per heavy atom. The van der Waals surface area contributed by atoms with Crippen LogP contribution in [0.2, 0.25) is 5.02 Å². The molecule has 0 bridgehead atoms. The van der Waals surface area contributed by atoms with E-state index >= 15 is 0 Å². The predicted molar refractivity (Wildman–Crippen MR) is 106 cm³/mol. The van der Waals surface area contributed by atoms with Gasteiger partial charge >= 0.3 is 0 Å². The first-order chi connectivity index (χ1) is 13.0. The van der Waals surface area contributed by atoms with Crippen LogP contribution in [0.3, 0.4) is 0 Å². The second kappa shape index (κ2) is 8.23. The van der Waals surface area contributed by atoms with E-state index in [4.69, 9.17) is 11.6 Å². The topological polar surface area (TPSA) is 52.8 Å². The molecule has 0 aromatic heterocycles. The minimum absolute atomic E-state index is 0.0287. The highest BCUT2D eigenvalue weighted by atomic mass is 35.5. The zero-order chi connectivity index (χ0) is 19.4. The molecule has 0 radical (unpaired) electrons. The largest absolute Gasteiger partial charge is 0.508 e. The molecule has 0 amide bonds. The van der Waals surface area contributed by atoms with Gasteiger partial charge < -0.3 is 10.2 Å². The molecule has 3 aromatic carbocycles. The fourth-order valence-electron chi connectivity index (χ4n) is 2.81. The lowest BCUT2D eigenvalue weighted by molar-refractivity contribution is 0.439. The summed E-state index contributed by atoms with van der Waals surface area (Å²) in [5.41, 5.74) is 1.92. The van der Waals surface area contributed by atoms with Gasteiger partial charge in [-0.1, -0.05) is 48.0 Å². The fourth-order valence-corrected chi connectivity index (χ4v) is 3.04. The van der Waals surface area contributed by atoms with E-state index in [0.717, 1.165) is 5.56 Å². The van der Waals surface area contributed by atoms with E-state index < -0.39 is 5.82 Å². The summed E-state index contributed by atoms with van der Waals surface area (Å²) in [5.74, 6) is -0.753. The molecule has 0 heterocycles. The Bertz CT molecular complexity index is 953. The molecule has 0 saturated carbocycles. The molecule has 0 aliphatic rings. The Morgan fingerprint density at radius 1 is 1.00 bits per heavy atom. The number of hydrogen-bond acceptors (Lipinski definition) is 3. The van der Waals surface area contributed by atoms with Gasteiger partial charge in [-0.25, -0.2) is 4.39 Å². The van der Waals surface area contributed by atoms with Crippen LogP contribution in [0.4, 0.5) is 4.39 Å². The number of phenols is 2. The second-order valence-corrected chi connectivity index (χ2v) is 6.65. The smallest absolute Gasteiger partial charge is 0.131 e. The molecule has 3 aromatic rings. The van der Waals surface area contributed by atoms with Gasteiger partial charge in [0.25, 0.3) is 0 Å². The first kappa shape index (κ1) is 18.9. The molecule has 0 fully saturated rings.